The van der Waals surface area contributed by atoms with E-state index in [1.54, 1.807) is 0 Å². The van der Waals surface area contributed by atoms with E-state index in [0.29, 0.717) is 6.42 Å². The monoisotopic (exact) mass is 212 g/mol. The minimum absolute atomic E-state index is 0.332. The molecule has 0 aliphatic heterocycles. The summed E-state index contributed by atoms with van der Waals surface area (Å²) in [6.45, 7) is 1.99. The Balaban J connectivity index is 2.37. The molecular formula is C11H20N2O2. The smallest absolute Gasteiger partial charge is 0.288 e. The summed E-state index contributed by atoms with van der Waals surface area (Å²) in [5.41, 5.74) is 5.32. The van der Waals surface area contributed by atoms with Crippen LogP contribution in [-0.2, 0) is 9.59 Å². The first-order valence-electron chi connectivity index (χ1n) is 5.71. The van der Waals surface area contributed by atoms with E-state index in [0.717, 1.165) is 38.5 Å². The molecule has 1 fully saturated rings. The number of carbonyl (C=O) groups is 2. The number of rotatable bonds is 5. The van der Waals surface area contributed by atoms with Crippen molar-refractivity contribution in [1.29, 1.82) is 0 Å². The van der Waals surface area contributed by atoms with Gasteiger partial charge in [-0.25, -0.2) is 0 Å². The van der Waals surface area contributed by atoms with Gasteiger partial charge in [-0.2, -0.15) is 0 Å². The van der Waals surface area contributed by atoms with Crippen molar-refractivity contribution in [2.24, 2.45) is 5.73 Å². The molecule has 1 saturated carbocycles. The van der Waals surface area contributed by atoms with Crippen LogP contribution >= 0.6 is 0 Å². The van der Waals surface area contributed by atoms with Gasteiger partial charge in [0.15, 0.2) is 0 Å². The fourth-order valence-electron chi connectivity index (χ4n) is 1.88. The summed E-state index contributed by atoms with van der Waals surface area (Å²) in [5, 5.41) is 2.65. The number of unbranched alkanes of at least 4 members (excludes halogenated alkanes) is 1. The quantitative estimate of drug-likeness (QED) is 0.529. The zero-order valence-electron chi connectivity index (χ0n) is 9.34. The van der Waals surface area contributed by atoms with Gasteiger partial charge in [0, 0.05) is 6.42 Å². The molecule has 1 aliphatic rings. The molecule has 3 N–H and O–H groups in total. The molecule has 86 valence electrons. The third-order valence-corrected chi connectivity index (χ3v) is 2.87. The lowest BCUT2D eigenvalue weighted by Gasteiger charge is -2.24. The minimum atomic E-state index is -0.626. The second-order valence-corrected chi connectivity index (χ2v) is 4.34. The maximum atomic E-state index is 11.5. The highest BCUT2D eigenvalue weighted by atomic mass is 16.2. The summed E-state index contributed by atoms with van der Waals surface area (Å²) in [6.07, 6.45) is 5.63. The van der Waals surface area contributed by atoms with E-state index in [1.165, 1.54) is 0 Å². The lowest BCUT2D eigenvalue weighted by atomic mass is 10.1. The predicted octanol–water partition coefficient (Wildman–Crippen LogP) is 1.09. The van der Waals surface area contributed by atoms with Crippen LogP contribution in [0.2, 0.25) is 0 Å². The van der Waals surface area contributed by atoms with Crippen molar-refractivity contribution in [3.05, 3.63) is 0 Å². The van der Waals surface area contributed by atoms with Crippen LogP contribution in [0, 0.1) is 0 Å². The van der Waals surface area contributed by atoms with Crippen LogP contribution in [0.4, 0.5) is 0 Å². The number of hydrogen-bond acceptors (Lipinski definition) is 3. The van der Waals surface area contributed by atoms with Crippen LogP contribution in [-0.4, -0.2) is 17.4 Å². The largest absolute Gasteiger partial charge is 0.332 e. The first-order chi connectivity index (χ1) is 7.07. The van der Waals surface area contributed by atoms with E-state index in [-0.39, 0.29) is 5.78 Å². The van der Waals surface area contributed by atoms with Gasteiger partial charge in [0.1, 0.15) is 0 Å². The number of hydrogen-bond donors (Lipinski definition) is 2. The van der Waals surface area contributed by atoms with E-state index in [4.69, 9.17) is 5.73 Å². The summed E-state index contributed by atoms with van der Waals surface area (Å²) in [7, 11) is 0. The highest BCUT2D eigenvalue weighted by Crippen LogP contribution is 2.24. The van der Waals surface area contributed by atoms with Crippen molar-refractivity contribution in [3.8, 4) is 0 Å². The summed E-state index contributed by atoms with van der Waals surface area (Å²) in [6, 6.07) is 0. The van der Waals surface area contributed by atoms with Gasteiger partial charge in [-0.3, -0.25) is 9.59 Å². The van der Waals surface area contributed by atoms with Gasteiger partial charge in [-0.1, -0.05) is 13.3 Å². The zero-order chi connectivity index (χ0) is 11.3. The maximum Gasteiger partial charge on any atom is 0.288 e. The average molecular weight is 212 g/mol. The lowest BCUT2D eigenvalue weighted by Crippen LogP contribution is -2.55. The van der Waals surface area contributed by atoms with Crippen LogP contribution < -0.4 is 11.1 Å². The third-order valence-electron chi connectivity index (χ3n) is 2.87. The number of amides is 1. The first kappa shape index (κ1) is 12.2. The Labute approximate surface area is 90.6 Å². The molecule has 15 heavy (non-hydrogen) atoms. The van der Waals surface area contributed by atoms with Crippen LogP contribution in [0.5, 0.6) is 0 Å². The van der Waals surface area contributed by atoms with Crippen molar-refractivity contribution >= 4 is 11.7 Å². The van der Waals surface area contributed by atoms with Gasteiger partial charge in [-0.05, 0) is 32.1 Å². The zero-order valence-corrected chi connectivity index (χ0v) is 9.34. The fourth-order valence-corrected chi connectivity index (χ4v) is 1.88. The van der Waals surface area contributed by atoms with Gasteiger partial charge < -0.3 is 11.1 Å². The van der Waals surface area contributed by atoms with Crippen molar-refractivity contribution in [2.45, 2.75) is 57.5 Å². The second-order valence-electron chi connectivity index (χ2n) is 4.34. The Morgan fingerprint density at radius 1 is 1.33 bits per heavy atom. The SMILES string of the molecule is CCCCC(=O)C(=O)NC1(N)CCCC1. The molecule has 0 radical (unpaired) electrons. The lowest BCUT2D eigenvalue weighted by molar-refractivity contribution is -0.139. The molecule has 4 heteroatoms. The normalized spacial score (nSPS) is 18.8. The number of ketones is 1. The van der Waals surface area contributed by atoms with Gasteiger partial charge in [0.25, 0.3) is 5.91 Å². The molecule has 0 saturated heterocycles. The topological polar surface area (TPSA) is 72.2 Å². The molecule has 0 aromatic heterocycles. The molecular weight excluding hydrogens is 192 g/mol. The number of nitrogens with two attached hydrogens (primary N) is 1. The van der Waals surface area contributed by atoms with Crippen molar-refractivity contribution < 1.29 is 9.59 Å². The van der Waals surface area contributed by atoms with E-state index in [2.05, 4.69) is 5.32 Å². The molecule has 4 nitrogen and oxygen atoms in total. The summed E-state index contributed by atoms with van der Waals surface area (Å²) in [5.74, 6) is -0.846. The van der Waals surface area contributed by atoms with Crippen LogP contribution in [0.3, 0.4) is 0 Å². The number of nitrogens with one attached hydrogen (secondary N) is 1. The van der Waals surface area contributed by atoms with Gasteiger partial charge in [0.2, 0.25) is 5.78 Å². The maximum absolute atomic E-state index is 11.5. The van der Waals surface area contributed by atoms with Crippen LogP contribution in [0.15, 0.2) is 0 Å². The van der Waals surface area contributed by atoms with Crippen molar-refractivity contribution in [3.63, 3.8) is 0 Å². The predicted molar refractivity (Wildman–Crippen MR) is 58.1 cm³/mol. The third kappa shape index (κ3) is 3.63. The molecule has 0 spiro atoms. The standard InChI is InChI=1S/C11H20N2O2/c1-2-3-6-9(14)10(15)13-11(12)7-4-5-8-11/h2-8,12H2,1H3,(H,13,15). The Bertz CT molecular complexity index is 245. The van der Waals surface area contributed by atoms with Crippen LogP contribution in [0.1, 0.15) is 51.9 Å². The number of Topliss-reactive ketones (excluding diaryl/α,β-unsaturated/α-hetero) is 1. The molecule has 1 aliphatic carbocycles. The van der Waals surface area contributed by atoms with Crippen LogP contribution in [0.25, 0.3) is 0 Å². The Morgan fingerprint density at radius 3 is 2.47 bits per heavy atom. The molecule has 0 aromatic rings. The van der Waals surface area contributed by atoms with Crippen molar-refractivity contribution in [1.82, 2.24) is 5.32 Å². The Morgan fingerprint density at radius 2 is 1.93 bits per heavy atom. The van der Waals surface area contributed by atoms with Gasteiger partial charge in [0.05, 0.1) is 5.66 Å². The Kier molecular flexibility index (Phi) is 4.27. The molecule has 0 aromatic carbocycles. The van der Waals surface area contributed by atoms with Crippen molar-refractivity contribution in [2.75, 3.05) is 0 Å². The summed E-state index contributed by atoms with van der Waals surface area (Å²) < 4.78 is 0. The number of carbonyl (C=O) groups excluding carboxylic acids is 2. The average Bonchev–Trinajstić information content (AvgIpc) is 2.61. The Hall–Kier alpha value is -0.900. The van der Waals surface area contributed by atoms with Gasteiger partial charge in [-0.15, -0.1) is 0 Å². The van der Waals surface area contributed by atoms with Gasteiger partial charge >= 0.3 is 0 Å². The van der Waals surface area contributed by atoms with E-state index in [1.807, 2.05) is 6.92 Å². The highest BCUT2D eigenvalue weighted by Gasteiger charge is 2.32. The molecule has 0 unspecified atom stereocenters. The molecule has 1 rings (SSSR count). The molecule has 0 atom stereocenters. The fraction of sp³-hybridized carbons (Fsp3) is 0.818. The molecule has 0 heterocycles. The first-order valence-corrected chi connectivity index (χ1v) is 5.71. The molecule has 1 amide bonds. The van der Waals surface area contributed by atoms with E-state index < -0.39 is 11.6 Å². The second kappa shape index (κ2) is 5.26. The summed E-state index contributed by atoms with van der Waals surface area (Å²) in [4.78, 5) is 22.8. The summed E-state index contributed by atoms with van der Waals surface area (Å²) >= 11 is 0. The minimum Gasteiger partial charge on any atom is -0.332 e. The molecule has 0 bridgehead atoms. The van der Waals surface area contributed by atoms with E-state index in [9.17, 15) is 9.59 Å². The van der Waals surface area contributed by atoms with E-state index >= 15 is 0 Å². The highest BCUT2D eigenvalue weighted by molar-refractivity contribution is 6.36.